The summed E-state index contributed by atoms with van der Waals surface area (Å²) in [5.74, 6) is 0. The van der Waals surface area contributed by atoms with Gasteiger partial charge in [-0.05, 0) is 215 Å². The molecular weight excluding hydrogens is 1340 g/mol. The summed E-state index contributed by atoms with van der Waals surface area (Å²) in [6, 6.07) is 113. The molecule has 2 aliphatic heterocycles. The van der Waals surface area contributed by atoms with Gasteiger partial charge in [0, 0.05) is 114 Å². The maximum atomic E-state index is 4.60. The van der Waals surface area contributed by atoms with E-state index in [2.05, 4.69) is 397 Å². The molecule has 7 heteroatoms. The minimum atomic E-state index is -0.260. The average Bonchev–Trinajstić information content (AvgIpc) is 0.786. The van der Waals surface area contributed by atoms with Crippen molar-refractivity contribution < 1.29 is 0 Å². The number of pyridine rings is 2. The molecule has 0 amide bonds. The smallest absolute Gasteiger partial charge is 0.252 e. The quantitative estimate of drug-likeness (QED) is 0.128. The molecule has 19 rings (SSSR count). The van der Waals surface area contributed by atoms with Crippen LogP contribution in [0.5, 0.6) is 0 Å². The Hall–Kier alpha value is -12.6. The summed E-state index contributed by atoms with van der Waals surface area (Å²) >= 11 is 0. The fourth-order valence-electron chi connectivity index (χ4n) is 17.6. The molecule has 0 N–H and O–H groups in total. The van der Waals surface area contributed by atoms with Crippen molar-refractivity contribution in [2.24, 2.45) is 0 Å². The van der Waals surface area contributed by atoms with E-state index in [4.69, 9.17) is 0 Å². The first-order valence-electron chi connectivity index (χ1n) is 39.2. The first kappa shape index (κ1) is 68.9. The monoisotopic (exact) mass is 1430 g/mol. The van der Waals surface area contributed by atoms with Crippen LogP contribution in [0.4, 0.5) is 34.1 Å². The highest BCUT2D eigenvalue weighted by Crippen LogP contribution is 2.55. The zero-order valence-electron chi connectivity index (χ0n) is 65.4. The second-order valence-electron chi connectivity index (χ2n) is 34.7. The fraction of sp³-hybridized carbons (Fsp3) is 0.154. The van der Waals surface area contributed by atoms with E-state index >= 15 is 0 Å². The first-order chi connectivity index (χ1) is 53.6. The van der Waals surface area contributed by atoms with Crippen LogP contribution in [0.15, 0.2) is 322 Å². The number of rotatable bonds is 10. The minimum Gasteiger partial charge on any atom is -0.310 e. The molecule has 4 aromatic heterocycles. The minimum absolute atomic E-state index is 0.0636. The Balaban J connectivity index is 0.958. The van der Waals surface area contributed by atoms with Crippen LogP contribution in [0.1, 0.15) is 105 Å². The summed E-state index contributed by atoms with van der Waals surface area (Å²) in [5.41, 5.74) is 35.3. The van der Waals surface area contributed by atoms with E-state index in [0.717, 1.165) is 134 Å². The van der Waals surface area contributed by atoms with Crippen LogP contribution in [-0.2, 0) is 21.7 Å². The van der Waals surface area contributed by atoms with Crippen LogP contribution in [0.25, 0.3) is 122 Å². The third kappa shape index (κ3) is 11.7. The summed E-state index contributed by atoms with van der Waals surface area (Å²) in [6.07, 6.45) is 7.64. The molecule has 17 aromatic rings. The Morgan fingerprint density at radius 1 is 0.252 bits per heavy atom. The normalized spacial score (nSPS) is 13.0. The highest BCUT2D eigenvalue weighted by Gasteiger charge is 2.46. The molecule has 6 nitrogen and oxygen atoms in total. The molecule has 6 heterocycles. The molecule has 0 aliphatic carbocycles. The maximum Gasteiger partial charge on any atom is 0.252 e. The molecule has 0 radical (unpaired) electrons. The van der Waals surface area contributed by atoms with Crippen molar-refractivity contribution in [2.45, 2.75) is 105 Å². The largest absolute Gasteiger partial charge is 0.310 e. The van der Waals surface area contributed by atoms with Crippen molar-refractivity contribution in [3.63, 3.8) is 0 Å². The average molecular weight is 1430 g/mol. The molecule has 13 aromatic carbocycles. The second kappa shape index (κ2) is 26.1. The Bertz CT molecular complexity index is 6240. The van der Waals surface area contributed by atoms with Gasteiger partial charge in [0.1, 0.15) is 0 Å². The van der Waals surface area contributed by atoms with Crippen LogP contribution in [-0.4, -0.2) is 25.8 Å². The Morgan fingerprint density at radius 2 is 0.577 bits per heavy atom. The lowest BCUT2D eigenvalue weighted by Gasteiger charge is -2.46. The van der Waals surface area contributed by atoms with Gasteiger partial charge < -0.3 is 18.9 Å². The molecule has 0 bridgehead atoms. The predicted octanol–water partition coefficient (Wildman–Crippen LogP) is 25.9. The lowest BCUT2D eigenvalue weighted by molar-refractivity contribution is 0.590. The van der Waals surface area contributed by atoms with E-state index in [-0.39, 0.29) is 28.4 Å². The zero-order chi connectivity index (χ0) is 76.0. The van der Waals surface area contributed by atoms with Crippen molar-refractivity contribution in [3.05, 3.63) is 344 Å². The highest BCUT2D eigenvalue weighted by atomic mass is 15.2. The summed E-state index contributed by atoms with van der Waals surface area (Å²) in [6.45, 7) is 27.8. The number of hydrogen-bond donors (Lipinski definition) is 0. The molecule has 0 saturated carbocycles. The van der Waals surface area contributed by atoms with Crippen molar-refractivity contribution >= 4 is 101 Å². The molecule has 111 heavy (non-hydrogen) atoms. The third-order valence-electron chi connectivity index (χ3n) is 23.5. The molecule has 0 spiro atoms. The van der Waals surface area contributed by atoms with Crippen LogP contribution in [0, 0.1) is 0 Å². The third-order valence-corrected chi connectivity index (χ3v) is 23.5. The molecule has 0 atom stereocenters. The van der Waals surface area contributed by atoms with Gasteiger partial charge in [-0.1, -0.05) is 259 Å². The summed E-state index contributed by atoms with van der Waals surface area (Å²) in [5, 5.41) is 4.82. The van der Waals surface area contributed by atoms with E-state index < -0.39 is 0 Å². The lowest BCUT2D eigenvalue weighted by atomic mass is 9.33. The standard InChI is InChI=1S/C104H89BN6/c1-101(2,3)74-42-50-92-86(56-74)87-57-75(102(4,5)6)43-51-93(87)109(92)79-45-47-89-97(63-79)111(100-82(68-32-21-15-22-33-68)60-77(104(10,11)12)61-83(100)69-34-23-16-24-35-69)95-39-25-38-94-98(95)105(89)88-46-44-78(62-96(88)110(94)99-80(66-28-17-13-18-29-66)58-76(103(7,8)9)59-81(99)67-30-19-14-20-31-67)108-90-48-40-70(72-36-26-52-106-64-72)54-84(90)85-55-71(41-49-91(85)108)73-37-27-53-107-65-73/h13-65H,1-12H3. The Labute approximate surface area is 652 Å². The number of anilines is 6. The van der Waals surface area contributed by atoms with Crippen molar-refractivity contribution in [2.75, 3.05) is 9.80 Å². The van der Waals surface area contributed by atoms with E-state index in [1.807, 2.05) is 36.9 Å². The summed E-state index contributed by atoms with van der Waals surface area (Å²) in [4.78, 5) is 14.6. The second-order valence-corrected chi connectivity index (χ2v) is 34.7. The number of fused-ring (bicyclic) bond motifs is 10. The molecule has 0 fully saturated rings. The van der Waals surface area contributed by atoms with Crippen LogP contribution < -0.4 is 26.2 Å². The van der Waals surface area contributed by atoms with Crippen molar-refractivity contribution in [3.8, 4) is 78.1 Å². The SMILES string of the molecule is CC(C)(C)c1cc(-c2ccccc2)c(N2c3cc(-n4c5ccc(-c6cccnc6)cc5c5cc(-c6cccnc6)ccc54)ccc3B3c4ccc(-n5c6ccc(C(C)(C)C)cc6c6cc(C(C)(C)C)ccc65)cc4N(c4c(-c5ccccc5)cc(C(C)(C)C)cc4-c4ccccc4)c4cccc2c43)c(-c2ccccc2)c1. The van der Waals surface area contributed by atoms with E-state index in [1.54, 1.807) is 0 Å². The van der Waals surface area contributed by atoms with E-state index in [9.17, 15) is 0 Å². The van der Waals surface area contributed by atoms with Crippen molar-refractivity contribution in [1.82, 2.24) is 19.1 Å². The fourth-order valence-corrected chi connectivity index (χ4v) is 17.6. The van der Waals surface area contributed by atoms with Gasteiger partial charge >= 0.3 is 0 Å². The van der Waals surface area contributed by atoms with Crippen LogP contribution in [0.3, 0.4) is 0 Å². The van der Waals surface area contributed by atoms with E-state index in [1.165, 1.54) is 60.4 Å². The Kier molecular flexibility index (Phi) is 16.2. The van der Waals surface area contributed by atoms with Crippen molar-refractivity contribution in [1.29, 1.82) is 0 Å². The van der Waals surface area contributed by atoms with Gasteiger partial charge in [-0.15, -0.1) is 0 Å². The van der Waals surface area contributed by atoms with Gasteiger partial charge in [0.2, 0.25) is 0 Å². The van der Waals surface area contributed by atoms with Gasteiger partial charge in [-0.3, -0.25) is 9.97 Å². The van der Waals surface area contributed by atoms with E-state index in [0.29, 0.717) is 0 Å². The maximum absolute atomic E-state index is 4.60. The van der Waals surface area contributed by atoms with Gasteiger partial charge in [-0.2, -0.15) is 0 Å². The predicted molar refractivity (Wildman–Crippen MR) is 472 cm³/mol. The van der Waals surface area contributed by atoms with Gasteiger partial charge in [0.25, 0.3) is 6.71 Å². The molecule has 0 unspecified atom stereocenters. The van der Waals surface area contributed by atoms with Gasteiger partial charge in [0.05, 0.1) is 33.4 Å². The number of aromatic nitrogens is 4. The summed E-state index contributed by atoms with van der Waals surface area (Å²) in [7, 11) is 0. The van der Waals surface area contributed by atoms with Gasteiger partial charge in [-0.25, -0.2) is 0 Å². The number of hydrogen-bond acceptors (Lipinski definition) is 4. The molecule has 0 saturated heterocycles. The highest BCUT2D eigenvalue weighted by molar-refractivity contribution is 7.00. The van der Waals surface area contributed by atoms with Crippen LogP contribution in [0.2, 0.25) is 0 Å². The Morgan fingerprint density at radius 3 is 0.901 bits per heavy atom. The zero-order valence-corrected chi connectivity index (χ0v) is 65.4. The first-order valence-corrected chi connectivity index (χ1v) is 39.2. The topological polar surface area (TPSA) is 42.1 Å². The molecule has 2 aliphatic rings. The number of nitrogens with zero attached hydrogens (tertiary/aromatic N) is 6. The lowest BCUT2D eigenvalue weighted by Crippen LogP contribution is -2.61. The molecular formula is C104H89BN6. The van der Waals surface area contributed by atoms with Gasteiger partial charge in [0.15, 0.2) is 0 Å². The number of benzene rings is 13. The summed E-state index contributed by atoms with van der Waals surface area (Å²) < 4.78 is 5.06. The molecule has 538 valence electrons. The van der Waals surface area contributed by atoms with Crippen LogP contribution >= 0.6 is 0 Å².